The van der Waals surface area contributed by atoms with Crippen molar-refractivity contribution in [3.05, 3.63) is 52.1 Å². The summed E-state index contributed by atoms with van der Waals surface area (Å²) >= 11 is 0. The first-order valence-corrected chi connectivity index (χ1v) is 8.92. The maximum absolute atomic E-state index is 12.4. The van der Waals surface area contributed by atoms with Crippen LogP contribution in [-0.4, -0.2) is 64.1 Å². The molecule has 0 spiro atoms. The number of nitro groups is 1. The lowest BCUT2D eigenvalue weighted by Crippen LogP contribution is -2.64. The van der Waals surface area contributed by atoms with Crippen LogP contribution < -0.4 is 10.7 Å². The number of carbonyl (C=O) groups is 2. The molecule has 29 heavy (non-hydrogen) atoms. The molecular formula is C18H21N7O4. The van der Waals surface area contributed by atoms with Gasteiger partial charge in [0.25, 0.3) is 11.6 Å². The third-order valence-corrected chi connectivity index (χ3v) is 4.70. The van der Waals surface area contributed by atoms with Gasteiger partial charge in [-0.05, 0) is 13.8 Å². The lowest BCUT2D eigenvalue weighted by Gasteiger charge is -2.35. The number of guanidine groups is 1. The number of fused-ring (bicyclic) bond motifs is 1. The van der Waals surface area contributed by atoms with E-state index in [-0.39, 0.29) is 5.69 Å². The highest BCUT2D eigenvalue weighted by atomic mass is 16.6. The summed E-state index contributed by atoms with van der Waals surface area (Å²) in [5.74, 6) is -0.0953. The zero-order valence-corrected chi connectivity index (χ0v) is 16.2. The molecule has 152 valence electrons. The molecule has 0 radical (unpaired) electrons. The van der Waals surface area contributed by atoms with Gasteiger partial charge in [-0.3, -0.25) is 20.2 Å². The van der Waals surface area contributed by atoms with E-state index in [0.29, 0.717) is 23.8 Å². The van der Waals surface area contributed by atoms with Crippen LogP contribution in [0.15, 0.2) is 46.5 Å². The van der Waals surface area contributed by atoms with Crippen LogP contribution in [0.5, 0.6) is 0 Å². The van der Waals surface area contributed by atoms with Gasteiger partial charge in [0.15, 0.2) is 12.2 Å². The van der Waals surface area contributed by atoms with E-state index in [1.807, 2.05) is 19.1 Å². The Hall–Kier alpha value is -3.76. The number of carbonyl (C=O) groups excluding carboxylic acids is 2. The number of nitrogens with one attached hydrogen (secondary N) is 2. The van der Waals surface area contributed by atoms with Crippen molar-refractivity contribution in [1.82, 2.24) is 20.5 Å². The summed E-state index contributed by atoms with van der Waals surface area (Å²) in [6.07, 6.45) is 3.04. The average Bonchev–Trinajstić information content (AvgIpc) is 3.07. The predicted octanol–water partition coefficient (Wildman–Crippen LogP) is 1.03. The second-order valence-electron chi connectivity index (χ2n) is 6.55. The van der Waals surface area contributed by atoms with Crippen molar-refractivity contribution in [3.63, 3.8) is 0 Å². The SMILES string of the molecule is C/C=C/CN1C(N/N=C(\C)c2cccc([N+](=O)[O-])c2)=NC2C1C(=O)NC(=O)N2C. The molecule has 0 aliphatic carbocycles. The lowest BCUT2D eigenvalue weighted by atomic mass is 10.1. The number of non-ortho nitro benzene ring substituents is 1. The van der Waals surface area contributed by atoms with Crippen molar-refractivity contribution in [1.29, 1.82) is 0 Å². The second-order valence-corrected chi connectivity index (χ2v) is 6.55. The first kappa shape index (κ1) is 20.0. The maximum Gasteiger partial charge on any atom is 0.325 e. The minimum Gasteiger partial charge on any atom is -0.322 e. The molecule has 2 aliphatic rings. The average molecular weight is 399 g/mol. The standard InChI is InChI=1S/C18H21N7O4/c1-4-5-9-24-14-15(23(3)18(27)20-16(14)26)19-17(24)22-21-11(2)12-7-6-8-13(10-12)25(28)29/h4-8,10,14-15H,9H2,1-3H3,(H,19,22)(H,20,26,27)/b5-4+,21-11+. The minimum absolute atomic E-state index is 0.0344. The fourth-order valence-electron chi connectivity index (χ4n) is 3.08. The Kier molecular flexibility index (Phi) is 5.57. The van der Waals surface area contributed by atoms with Gasteiger partial charge in [0.1, 0.15) is 0 Å². The van der Waals surface area contributed by atoms with Crippen LogP contribution in [0, 0.1) is 10.1 Å². The van der Waals surface area contributed by atoms with Gasteiger partial charge in [0.2, 0.25) is 5.96 Å². The van der Waals surface area contributed by atoms with Crippen molar-refractivity contribution in [2.45, 2.75) is 26.1 Å². The molecule has 2 N–H and O–H groups in total. The Morgan fingerprint density at radius 2 is 2.21 bits per heavy atom. The highest BCUT2D eigenvalue weighted by Gasteiger charge is 2.48. The molecule has 3 rings (SSSR count). The van der Waals surface area contributed by atoms with Crippen molar-refractivity contribution in [2.75, 3.05) is 13.6 Å². The number of likely N-dealkylation sites (N-methyl/N-ethyl adjacent to an activating group) is 1. The first-order valence-electron chi connectivity index (χ1n) is 8.92. The summed E-state index contributed by atoms with van der Waals surface area (Å²) < 4.78 is 0. The van der Waals surface area contributed by atoms with E-state index in [1.54, 1.807) is 31.0 Å². The monoisotopic (exact) mass is 399 g/mol. The largest absolute Gasteiger partial charge is 0.325 e. The zero-order valence-electron chi connectivity index (χ0n) is 16.2. The molecule has 2 atom stereocenters. The summed E-state index contributed by atoms with van der Waals surface area (Å²) in [4.78, 5) is 42.3. The number of urea groups is 1. The van der Waals surface area contributed by atoms with Crippen LogP contribution in [0.25, 0.3) is 0 Å². The molecule has 2 heterocycles. The molecule has 1 fully saturated rings. The molecular weight excluding hydrogens is 378 g/mol. The first-order chi connectivity index (χ1) is 13.8. The van der Waals surface area contributed by atoms with E-state index < -0.39 is 29.1 Å². The van der Waals surface area contributed by atoms with Gasteiger partial charge in [0.05, 0.1) is 10.6 Å². The number of nitro benzene ring substituents is 1. The van der Waals surface area contributed by atoms with E-state index in [9.17, 15) is 19.7 Å². The Balaban J connectivity index is 1.86. The van der Waals surface area contributed by atoms with Crippen LogP contribution in [0.1, 0.15) is 19.4 Å². The number of imide groups is 1. The Morgan fingerprint density at radius 3 is 2.90 bits per heavy atom. The van der Waals surface area contributed by atoms with E-state index >= 15 is 0 Å². The number of rotatable bonds is 5. The van der Waals surface area contributed by atoms with Crippen LogP contribution in [0.4, 0.5) is 10.5 Å². The molecule has 11 nitrogen and oxygen atoms in total. The molecule has 0 bridgehead atoms. The van der Waals surface area contributed by atoms with Gasteiger partial charge in [-0.25, -0.2) is 15.2 Å². The van der Waals surface area contributed by atoms with E-state index in [2.05, 4.69) is 20.8 Å². The fraction of sp³-hybridized carbons (Fsp3) is 0.333. The number of aliphatic imine (C=N–C) groups is 1. The van der Waals surface area contributed by atoms with Crippen molar-refractivity contribution >= 4 is 29.3 Å². The van der Waals surface area contributed by atoms with Crippen LogP contribution in [0.2, 0.25) is 0 Å². The Morgan fingerprint density at radius 1 is 1.45 bits per heavy atom. The highest BCUT2D eigenvalue weighted by molar-refractivity contribution is 6.04. The topological polar surface area (TPSA) is 133 Å². The van der Waals surface area contributed by atoms with Gasteiger partial charge in [0, 0.05) is 31.3 Å². The van der Waals surface area contributed by atoms with E-state index in [4.69, 9.17) is 0 Å². The normalized spacial score (nSPS) is 21.9. The lowest BCUT2D eigenvalue weighted by molar-refractivity contribution is -0.384. The summed E-state index contributed by atoms with van der Waals surface area (Å²) in [6.45, 7) is 3.95. The molecule has 0 aromatic heterocycles. The number of allylic oxidation sites excluding steroid dienone is 1. The number of hydrazone groups is 1. The van der Waals surface area contributed by atoms with E-state index in [0.717, 1.165) is 0 Å². The minimum atomic E-state index is -0.676. The summed E-state index contributed by atoms with van der Waals surface area (Å²) in [5.41, 5.74) is 3.89. The maximum atomic E-state index is 12.4. The molecule has 11 heteroatoms. The highest BCUT2D eigenvalue weighted by Crippen LogP contribution is 2.23. The Bertz CT molecular complexity index is 940. The van der Waals surface area contributed by atoms with Gasteiger partial charge in [-0.2, -0.15) is 5.10 Å². The van der Waals surface area contributed by atoms with Gasteiger partial charge in [-0.1, -0.05) is 24.3 Å². The van der Waals surface area contributed by atoms with Gasteiger partial charge in [-0.15, -0.1) is 0 Å². The summed E-state index contributed by atoms with van der Waals surface area (Å²) in [5, 5.41) is 17.6. The third kappa shape index (κ3) is 3.93. The number of hydrogen-bond donors (Lipinski definition) is 2. The number of benzene rings is 1. The second kappa shape index (κ2) is 8.09. The fourth-order valence-corrected chi connectivity index (χ4v) is 3.08. The van der Waals surface area contributed by atoms with Gasteiger partial charge >= 0.3 is 6.03 Å². The molecule has 1 aromatic carbocycles. The number of hydrogen-bond acceptors (Lipinski definition) is 8. The molecule has 3 amide bonds. The molecule has 0 saturated carbocycles. The van der Waals surface area contributed by atoms with Crippen molar-refractivity contribution in [2.24, 2.45) is 10.1 Å². The third-order valence-electron chi connectivity index (χ3n) is 4.70. The summed E-state index contributed by atoms with van der Waals surface area (Å²) in [7, 11) is 1.57. The number of amides is 3. The molecule has 1 saturated heterocycles. The van der Waals surface area contributed by atoms with Crippen LogP contribution in [0.3, 0.4) is 0 Å². The summed E-state index contributed by atoms with van der Waals surface area (Å²) in [6, 6.07) is 4.93. The van der Waals surface area contributed by atoms with Gasteiger partial charge < -0.3 is 9.80 Å². The van der Waals surface area contributed by atoms with Crippen molar-refractivity contribution < 1.29 is 14.5 Å². The van der Waals surface area contributed by atoms with Crippen molar-refractivity contribution in [3.8, 4) is 0 Å². The Labute approximate surface area is 166 Å². The molecule has 2 aliphatic heterocycles. The quantitative estimate of drug-likeness (QED) is 0.329. The number of nitrogens with zero attached hydrogens (tertiary/aromatic N) is 5. The van der Waals surface area contributed by atoms with Crippen LogP contribution in [-0.2, 0) is 4.79 Å². The molecule has 1 aromatic rings. The molecule has 2 unspecified atom stereocenters. The zero-order chi connectivity index (χ0) is 21.1. The van der Waals surface area contributed by atoms with E-state index in [1.165, 1.54) is 17.0 Å². The smallest absolute Gasteiger partial charge is 0.322 e. The van der Waals surface area contributed by atoms with Crippen LogP contribution >= 0.6 is 0 Å². The predicted molar refractivity (Wildman–Crippen MR) is 106 cm³/mol.